The SMILES string of the molecule is Cc1cc(NC(C)(C)C)ncc1-c1sc(C(=O)NC2CC(O)C2)nc1C(=O)N1CCC[C@@H]1C. The van der Waals surface area contributed by atoms with Crippen molar-refractivity contribution in [2.75, 3.05) is 11.9 Å². The molecule has 2 amide bonds. The van der Waals surface area contributed by atoms with Crippen LogP contribution in [0, 0.1) is 6.92 Å². The molecule has 0 bridgehead atoms. The van der Waals surface area contributed by atoms with E-state index in [0.717, 1.165) is 29.8 Å². The first kappa shape index (κ1) is 23.6. The minimum absolute atomic E-state index is 0.0521. The molecule has 1 saturated carbocycles. The van der Waals surface area contributed by atoms with Crippen LogP contribution in [0.3, 0.4) is 0 Å². The van der Waals surface area contributed by atoms with Crippen molar-refractivity contribution >= 4 is 29.0 Å². The summed E-state index contributed by atoms with van der Waals surface area (Å²) in [4.78, 5) is 37.9. The molecule has 3 N–H and O–H groups in total. The summed E-state index contributed by atoms with van der Waals surface area (Å²) in [5, 5.41) is 16.1. The van der Waals surface area contributed by atoms with Gasteiger partial charge in [0.25, 0.3) is 11.8 Å². The number of rotatable bonds is 5. The van der Waals surface area contributed by atoms with Crippen molar-refractivity contribution in [3.05, 3.63) is 28.5 Å². The third kappa shape index (κ3) is 5.19. The van der Waals surface area contributed by atoms with Crippen molar-refractivity contribution in [2.24, 2.45) is 0 Å². The van der Waals surface area contributed by atoms with Gasteiger partial charge in [0.2, 0.25) is 0 Å². The fraction of sp³-hybridized carbons (Fsp3) is 0.583. The molecule has 2 fully saturated rings. The topological polar surface area (TPSA) is 107 Å². The Hall–Kier alpha value is -2.52. The van der Waals surface area contributed by atoms with Gasteiger partial charge in [0.1, 0.15) is 11.5 Å². The van der Waals surface area contributed by atoms with Gasteiger partial charge in [-0.15, -0.1) is 11.3 Å². The molecule has 8 nitrogen and oxygen atoms in total. The molecule has 4 rings (SSSR count). The Balaban J connectivity index is 1.68. The smallest absolute Gasteiger partial charge is 0.280 e. The Morgan fingerprint density at radius 3 is 2.58 bits per heavy atom. The van der Waals surface area contributed by atoms with E-state index in [2.05, 4.69) is 41.4 Å². The zero-order valence-electron chi connectivity index (χ0n) is 19.9. The molecule has 1 aliphatic carbocycles. The largest absolute Gasteiger partial charge is 0.393 e. The van der Waals surface area contributed by atoms with Crippen LogP contribution >= 0.6 is 11.3 Å². The van der Waals surface area contributed by atoms with Gasteiger partial charge in [-0.25, -0.2) is 9.97 Å². The Kier molecular flexibility index (Phi) is 6.46. The number of aliphatic hydroxyl groups is 1. The standard InChI is InChI=1S/C24H33N5O3S/c1-13-9-18(28-24(3,4)5)25-12-17(13)20-19(23(32)29-8-6-7-14(29)2)27-22(33-20)21(31)26-15-10-16(30)11-15/h9,12,14-16,30H,6-8,10-11H2,1-5H3,(H,25,28)(H,26,31)/t14-,15?,16?/m0/s1. The lowest BCUT2D eigenvalue weighted by Crippen LogP contribution is -2.46. The Bertz CT molecular complexity index is 1050. The maximum atomic E-state index is 13.5. The summed E-state index contributed by atoms with van der Waals surface area (Å²) < 4.78 is 0. The summed E-state index contributed by atoms with van der Waals surface area (Å²) in [6.45, 7) is 10.9. The first-order valence-electron chi connectivity index (χ1n) is 11.6. The lowest BCUT2D eigenvalue weighted by Gasteiger charge is -2.31. The molecule has 2 aromatic heterocycles. The second-order valence-electron chi connectivity index (χ2n) is 10.2. The zero-order valence-corrected chi connectivity index (χ0v) is 20.8. The third-order valence-electron chi connectivity index (χ3n) is 6.14. The van der Waals surface area contributed by atoms with Gasteiger partial charge in [0.05, 0.1) is 11.0 Å². The molecule has 0 aromatic carbocycles. The number of carbonyl (C=O) groups is 2. The lowest BCUT2D eigenvalue weighted by molar-refractivity contribution is 0.0562. The number of hydrogen-bond acceptors (Lipinski definition) is 7. The van der Waals surface area contributed by atoms with E-state index in [1.807, 2.05) is 24.8 Å². The zero-order chi connectivity index (χ0) is 23.9. The van der Waals surface area contributed by atoms with Crippen LogP contribution in [0.15, 0.2) is 12.3 Å². The predicted octanol–water partition coefficient (Wildman–Crippen LogP) is 3.60. The Labute approximate surface area is 198 Å². The molecule has 2 aliphatic rings. The number of hydrogen-bond donors (Lipinski definition) is 3. The number of pyridine rings is 1. The fourth-order valence-corrected chi connectivity index (χ4v) is 5.35. The monoisotopic (exact) mass is 471 g/mol. The normalized spacial score (nSPS) is 22.7. The maximum Gasteiger partial charge on any atom is 0.280 e. The highest BCUT2D eigenvalue weighted by atomic mass is 32.1. The van der Waals surface area contributed by atoms with Crippen LogP contribution in [0.2, 0.25) is 0 Å². The molecule has 178 valence electrons. The van der Waals surface area contributed by atoms with E-state index in [1.165, 1.54) is 11.3 Å². The van der Waals surface area contributed by atoms with E-state index in [4.69, 9.17) is 0 Å². The number of nitrogens with zero attached hydrogens (tertiary/aromatic N) is 3. The highest BCUT2D eigenvalue weighted by Gasteiger charge is 2.33. The number of aryl methyl sites for hydroxylation is 1. The van der Waals surface area contributed by atoms with Gasteiger partial charge < -0.3 is 20.6 Å². The van der Waals surface area contributed by atoms with Crippen LogP contribution in [0.4, 0.5) is 5.82 Å². The van der Waals surface area contributed by atoms with E-state index in [0.29, 0.717) is 30.0 Å². The molecule has 1 aliphatic heterocycles. The van der Waals surface area contributed by atoms with Crippen molar-refractivity contribution in [1.29, 1.82) is 0 Å². The molecule has 0 radical (unpaired) electrons. The number of aliphatic hydroxyl groups excluding tert-OH is 1. The number of amides is 2. The lowest BCUT2D eigenvalue weighted by atomic mass is 9.89. The number of carbonyl (C=O) groups excluding carboxylic acids is 2. The maximum absolute atomic E-state index is 13.5. The highest BCUT2D eigenvalue weighted by Crippen LogP contribution is 2.35. The van der Waals surface area contributed by atoms with Crippen LogP contribution < -0.4 is 10.6 Å². The quantitative estimate of drug-likeness (QED) is 0.615. The highest BCUT2D eigenvalue weighted by molar-refractivity contribution is 7.17. The average Bonchev–Trinajstić information content (AvgIpc) is 3.32. The van der Waals surface area contributed by atoms with E-state index in [1.54, 1.807) is 6.20 Å². The molecule has 2 aromatic rings. The molecular weight excluding hydrogens is 438 g/mol. The van der Waals surface area contributed by atoms with Crippen LogP contribution in [0.1, 0.15) is 79.2 Å². The number of nitrogens with one attached hydrogen (secondary N) is 2. The summed E-state index contributed by atoms with van der Waals surface area (Å²) in [6, 6.07) is 2.06. The first-order chi connectivity index (χ1) is 15.5. The molecule has 1 saturated heterocycles. The van der Waals surface area contributed by atoms with Crippen LogP contribution in [0.25, 0.3) is 10.4 Å². The predicted molar refractivity (Wildman–Crippen MR) is 130 cm³/mol. The number of thiazole rings is 1. The van der Waals surface area contributed by atoms with Crippen molar-refractivity contribution in [1.82, 2.24) is 20.2 Å². The molecule has 9 heteroatoms. The van der Waals surface area contributed by atoms with E-state index in [-0.39, 0.29) is 40.5 Å². The van der Waals surface area contributed by atoms with Gasteiger partial charge in [0.15, 0.2) is 5.01 Å². The van der Waals surface area contributed by atoms with Crippen molar-refractivity contribution < 1.29 is 14.7 Å². The molecule has 0 unspecified atom stereocenters. The van der Waals surface area contributed by atoms with Crippen LogP contribution in [-0.4, -0.2) is 62.1 Å². The minimum atomic E-state index is -0.357. The van der Waals surface area contributed by atoms with E-state index < -0.39 is 0 Å². The fourth-order valence-electron chi connectivity index (χ4n) is 4.31. The summed E-state index contributed by atoms with van der Waals surface area (Å²) in [6.07, 6.45) is 4.43. The summed E-state index contributed by atoms with van der Waals surface area (Å²) in [7, 11) is 0. The Morgan fingerprint density at radius 2 is 2.00 bits per heavy atom. The summed E-state index contributed by atoms with van der Waals surface area (Å²) in [5.74, 6) is 0.319. The second-order valence-corrected chi connectivity index (χ2v) is 11.2. The first-order valence-corrected chi connectivity index (χ1v) is 12.4. The van der Waals surface area contributed by atoms with Crippen LogP contribution in [0.5, 0.6) is 0 Å². The molecule has 1 atom stereocenters. The van der Waals surface area contributed by atoms with Gasteiger partial charge >= 0.3 is 0 Å². The van der Waals surface area contributed by atoms with Gasteiger partial charge in [-0.2, -0.15) is 0 Å². The van der Waals surface area contributed by atoms with E-state index in [9.17, 15) is 14.7 Å². The molecule has 0 spiro atoms. The van der Waals surface area contributed by atoms with Gasteiger partial charge in [-0.1, -0.05) is 0 Å². The summed E-state index contributed by atoms with van der Waals surface area (Å²) >= 11 is 1.23. The van der Waals surface area contributed by atoms with Crippen molar-refractivity contribution in [3.63, 3.8) is 0 Å². The van der Waals surface area contributed by atoms with Gasteiger partial charge in [-0.3, -0.25) is 9.59 Å². The van der Waals surface area contributed by atoms with Crippen molar-refractivity contribution in [3.8, 4) is 10.4 Å². The molecule has 33 heavy (non-hydrogen) atoms. The molecular formula is C24H33N5O3S. The van der Waals surface area contributed by atoms with Crippen molar-refractivity contribution in [2.45, 2.75) is 84.0 Å². The van der Waals surface area contributed by atoms with E-state index >= 15 is 0 Å². The minimum Gasteiger partial charge on any atom is -0.393 e. The summed E-state index contributed by atoms with van der Waals surface area (Å²) in [5.41, 5.74) is 1.95. The van der Waals surface area contributed by atoms with Gasteiger partial charge in [0, 0.05) is 35.9 Å². The average molecular weight is 472 g/mol. The molecule has 3 heterocycles. The van der Waals surface area contributed by atoms with Gasteiger partial charge in [-0.05, 0) is 71.9 Å². The second kappa shape index (κ2) is 9.02. The van der Waals surface area contributed by atoms with Crippen LogP contribution in [-0.2, 0) is 0 Å². The number of aromatic nitrogens is 2. The number of anilines is 1. The Morgan fingerprint density at radius 1 is 1.27 bits per heavy atom. The third-order valence-corrected chi connectivity index (χ3v) is 7.23. The number of likely N-dealkylation sites (tertiary alicyclic amines) is 1.